The standard InChI is InChI=1S/C8H14N4O/c1-12-8(6-10-11-12)13-7-2-4-9-5-3-7/h6-7,9H,2-5H2,1H3. The van der Waals surface area contributed by atoms with Crippen LogP contribution in [-0.4, -0.2) is 34.2 Å². The van der Waals surface area contributed by atoms with Gasteiger partial charge in [0, 0.05) is 7.05 Å². The summed E-state index contributed by atoms with van der Waals surface area (Å²) in [6.45, 7) is 2.08. The summed E-state index contributed by atoms with van der Waals surface area (Å²) >= 11 is 0. The van der Waals surface area contributed by atoms with E-state index in [1.807, 2.05) is 7.05 Å². The molecule has 1 N–H and O–H groups in total. The molecule has 0 aliphatic carbocycles. The molecule has 5 nitrogen and oxygen atoms in total. The van der Waals surface area contributed by atoms with Gasteiger partial charge in [-0.2, -0.15) is 0 Å². The molecule has 0 atom stereocenters. The van der Waals surface area contributed by atoms with E-state index >= 15 is 0 Å². The first-order chi connectivity index (χ1) is 6.36. The molecule has 0 radical (unpaired) electrons. The predicted molar refractivity (Wildman–Crippen MR) is 47.5 cm³/mol. The zero-order chi connectivity index (χ0) is 9.10. The normalized spacial score (nSPS) is 18.8. The number of hydrogen-bond acceptors (Lipinski definition) is 4. The van der Waals surface area contributed by atoms with Crippen LogP contribution < -0.4 is 10.1 Å². The highest BCUT2D eigenvalue weighted by molar-refractivity contribution is 5.01. The van der Waals surface area contributed by atoms with Gasteiger partial charge in [-0.25, -0.2) is 4.68 Å². The number of piperidine rings is 1. The highest BCUT2D eigenvalue weighted by atomic mass is 16.5. The number of aryl methyl sites for hydroxylation is 1. The minimum absolute atomic E-state index is 0.318. The predicted octanol–water partition coefficient (Wildman–Crippen LogP) is -0.0541. The summed E-state index contributed by atoms with van der Waals surface area (Å²) in [4.78, 5) is 0. The molecule has 1 aromatic heterocycles. The number of aromatic nitrogens is 3. The third kappa shape index (κ3) is 1.98. The molecule has 0 spiro atoms. The molecule has 1 fully saturated rings. The van der Waals surface area contributed by atoms with E-state index in [9.17, 15) is 0 Å². The molecule has 2 heterocycles. The van der Waals surface area contributed by atoms with Crippen LogP contribution in [0.3, 0.4) is 0 Å². The maximum atomic E-state index is 5.72. The van der Waals surface area contributed by atoms with Crippen molar-refractivity contribution in [2.24, 2.45) is 7.05 Å². The molecular weight excluding hydrogens is 168 g/mol. The molecule has 5 heteroatoms. The van der Waals surface area contributed by atoms with Gasteiger partial charge in [-0.15, -0.1) is 5.10 Å². The van der Waals surface area contributed by atoms with Gasteiger partial charge in [0.15, 0.2) is 0 Å². The van der Waals surface area contributed by atoms with Crippen molar-refractivity contribution in [2.75, 3.05) is 13.1 Å². The molecule has 0 bridgehead atoms. The number of nitrogens with one attached hydrogen (secondary N) is 1. The Morgan fingerprint density at radius 1 is 1.54 bits per heavy atom. The van der Waals surface area contributed by atoms with Gasteiger partial charge in [-0.05, 0) is 25.9 Å². The van der Waals surface area contributed by atoms with Crippen LogP contribution in [0.4, 0.5) is 0 Å². The molecule has 72 valence electrons. The zero-order valence-corrected chi connectivity index (χ0v) is 7.73. The fraction of sp³-hybridized carbons (Fsp3) is 0.750. The number of nitrogens with zero attached hydrogens (tertiary/aromatic N) is 3. The second-order valence-electron chi connectivity index (χ2n) is 3.26. The molecule has 1 saturated heterocycles. The molecule has 1 aromatic rings. The van der Waals surface area contributed by atoms with E-state index in [-0.39, 0.29) is 0 Å². The van der Waals surface area contributed by atoms with Crippen molar-refractivity contribution in [2.45, 2.75) is 18.9 Å². The Kier molecular flexibility index (Phi) is 2.44. The van der Waals surface area contributed by atoms with Gasteiger partial charge < -0.3 is 10.1 Å². The molecule has 0 amide bonds. The second kappa shape index (κ2) is 3.74. The van der Waals surface area contributed by atoms with E-state index in [0.717, 1.165) is 31.8 Å². The van der Waals surface area contributed by atoms with Crippen LogP contribution in [0.5, 0.6) is 5.88 Å². The fourth-order valence-electron chi connectivity index (χ4n) is 1.47. The molecule has 1 aliphatic rings. The van der Waals surface area contributed by atoms with Gasteiger partial charge in [0.05, 0.1) is 0 Å². The van der Waals surface area contributed by atoms with E-state index in [1.165, 1.54) is 0 Å². The molecule has 13 heavy (non-hydrogen) atoms. The van der Waals surface area contributed by atoms with E-state index in [0.29, 0.717) is 6.10 Å². The first kappa shape index (κ1) is 8.50. The Morgan fingerprint density at radius 3 is 2.92 bits per heavy atom. The topological polar surface area (TPSA) is 52.0 Å². The lowest BCUT2D eigenvalue weighted by molar-refractivity contribution is 0.149. The molecule has 1 aliphatic heterocycles. The van der Waals surface area contributed by atoms with Crippen molar-refractivity contribution in [1.82, 2.24) is 20.3 Å². The van der Waals surface area contributed by atoms with Crippen molar-refractivity contribution >= 4 is 0 Å². The quantitative estimate of drug-likeness (QED) is 0.696. The number of rotatable bonds is 2. The first-order valence-electron chi connectivity index (χ1n) is 4.58. The average Bonchev–Trinajstić information content (AvgIpc) is 2.54. The Morgan fingerprint density at radius 2 is 2.31 bits per heavy atom. The minimum atomic E-state index is 0.318. The SMILES string of the molecule is Cn1nncc1OC1CCNCC1. The maximum Gasteiger partial charge on any atom is 0.232 e. The highest BCUT2D eigenvalue weighted by Gasteiger charge is 2.15. The molecule has 2 rings (SSSR count). The lowest BCUT2D eigenvalue weighted by Gasteiger charge is -2.23. The molecule has 0 aromatic carbocycles. The summed E-state index contributed by atoms with van der Waals surface area (Å²) in [5.74, 6) is 0.756. The average molecular weight is 182 g/mol. The Balaban J connectivity index is 1.93. The third-order valence-corrected chi connectivity index (χ3v) is 2.25. The van der Waals surface area contributed by atoms with Crippen LogP contribution in [-0.2, 0) is 7.05 Å². The Labute approximate surface area is 77.1 Å². The van der Waals surface area contributed by atoms with Gasteiger partial charge in [0.2, 0.25) is 5.88 Å². The van der Waals surface area contributed by atoms with Gasteiger partial charge in [0.25, 0.3) is 0 Å². The third-order valence-electron chi connectivity index (χ3n) is 2.25. The molecule has 0 saturated carbocycles. The highest BCUT2D eigenvalue weighted by Crippen LogP contribution is 2.13. The van der Waals surface area contributed by atoms with E-state index in [1.54, 1.807) is 10.9 Å². The summed E-state index contributed by atoms with van der Waals surface area (Å²) < 4.78 is 7.38. The summed E-state index contributed by atoms with van der Waals surface area (Å²) in [5.41, 5.74) is 0. The van der Waals surface area contributed by atoms with E-state index < -0.39 is 0 Å². The summed E-state index contributed by atoms with van der Waals surface area (Å²) in [7, 11) is 1.84. The monoisotopic (exact) mass is 182 g/mol. The van der Waals surface area contributed by atoms with Gasteiger partial charge >= 0.3 is 0 Å². The van der Waals surface area contributed by atoms with Crippen molar-refractivity contribution < 1.29 is 4.74 Å². The zero-order valence-electron chi connectivity index (χ0n) is 7.73. The van der Waals surface area contributed by atoms with Crippen molar-refractivity contribution in [3.8, 4) is 5.88 Å². The van der Waals surface area contributed by atoms with Gasteiger partial charge in [-0.1, -0.05) is 5.21 Å². The molecular formula is C8H14N4O. The van der Waals surface area contributed by atoms with Crippen molar-refractivity contribution in [3.05, 3.63) is 6.20 Å². The summed E-state index contributed by atoms with van der Waals surface area (Å²) in [6, 6.07) is 0. The lowest BCUT2D eigenvalue weighted by atomic mass is 10.1. The fourth-order valence-corrected chi connectivity index (χ4v) is 1.47. The summed E-state index contributed by atoms with van der Waals surface area (Å²) in [5, 5.41) is 10.9. The van der Waals surface area contributed by atoms with E-state index in [2.05, 4.69) is 15.6 Å². The van der Waals surface area contributed by atoms with Crippen molar-refractivity contribution in [3.63, 3.8) is 0 Å². The second-order valence-corrected chi connectivity index (χ2v) is 3.26. The van der Waals surface area contributed by atoms with Gasteiger partial charge in [-0.3, -0.25) is 0 Å². The van der Waals surface area contributed by atoms with Crippen LogP contribution in [0.2, 0.25) is 0 Å². The van der Waals surface area contributed by atoms with Crippen LogP contribution in [0.25, 0.3) is 0 Å². The number of ether oxygens (including phenoxy) is 1. The minimum Gasteiger partial charge on any atom is -0.473 e. The van der Waals surface area contributed by atoms with E-state index in [4.69, 9.17) is 4.74 Å². The first-order valence-corrected chi connectivity index (χ1v) is 4.58. The maximum absolute atomic E-state index is 5.72. The summed E-state index contributed by atoms with van der Waals surface area (Å²) in [6.07, 6.45) is 4.09. The van der Waals surface area contributed by atoms with Crippen LogP contribution in [0, 0.1) is 0 Å². The molecule has 0 unspecified atom stereocenters. The number of hydrogen-bond donors (Lipinski definition) is 1. The Bertz CT molecular complexity index is 267. The van der Waals surface area contributed by atoms with Crippen LogP contribution in [0.15, 0.2) is 6.20 Å². The smallest absolute Gasteiger partial charge is 0.232 e. The van der Waals surface area contributed by atoms with Crippen molar-refractivity contribution in [1.29, 1.82) is 0 Å². The van der Waals surface area contributed by atoms with Crippen LogP contribution in [0.1, 0.15) is 12.8 Å². The lowest BCUT2D eigenvalue weighted by Crippen LogP contribution is -2.34. The van der Waals surface area contributed by atoms with Crippen LogP contribution >= 0.6 is 0 Å². The largest absolute Gasteiger partial charge is 0.473 e. The Hall–Kier alpha value is -1.10. The van der Waals surface area contributed by atoms with Gasteiger partial charge in [0.1, 0.15) is 12.3 Å².